The van der Waals surface area contributed by atoms with Gasteiger partial charge in [0.2, 0.25) is 11.8 Å². The van der Waals surface area contributed by atoms with Gasteiger partial charge in [-0.3, -0.25) is 9.59 Å². The summed E-state index contributed by atoms with van der Waals surface area (Å²) in [6.07, 6.45) is 2.59. The Bertz CT molecular complexity index is 842. The predicted molar refractivity (Wildman–Crippen MR) is 128 cm³/mol. The SMILES string of the molecule is CCCCC(=O)NC(Cc1ccc(OCc2ccccc2)cc1)C(=O)NC(CC)(CO)CO. The molecule has 1 unspecified atom stereocenters. The molecule has 0 radical (unpaired) electrons. The van der Waals surface area contributed by atoms with Crippen LogP contribution in [0.15, 0.2) is 54.6 Å². The maximum absolute atomic E-state index is 13.0. The van der Waals surface area contributed by atoms with E-state index in [0.717, 1.165) is 24.0 Å². The molecule has 2 amide bonds. The van der Waals surface area contributed by atoms with E-state index in [0.29, 0.717) is 25.2 Å². The second-order valence-electron chi connectivity index (χ2n) is 8.29. The van der Waals surface area contributed by atoms with Gasteiger partial charge in [-0.2, -0.15) is 0 Å². The molecule has 7 heteroatoms. The third-order valence-electron chi connectivity index (χ3n) is 5.69. The molecule has 2 aromatic rings. The lowest BCUT2D eigenvalue weighted by Gasteiger charge is -2.32. The molecule has 4 N–H and O–H groups in total. The van der Waals surface area contributed by atoms with Crippen molar-refractivity contribution >= 4 is 11.8 Å². The molecule has 0 aliphatic rings. The molecule has 0 saturated heterocycles. The van der Waals surface area contributed by atoms with Crippen LogP contribution in [0.2, 0.25) is 0 Å². The van der Waals surface area contributed by atoms with E-state index < -0.39 is 30.7 Å². The van der Waals surface area contributed by atoms with Crippen molar-refractivity contribution in [3.63, 3.8) is 0 Å². The first-order valence-electron chi connectivity index (χ1n) is 11.5. The van der Waals surface area contributed by atoms with Crippen LogP contribution in [-0.2, 0) is 22.6 Å². The normalized spacial score (nSPS) is 12.1. The molecule has 0 fully saturated rings. The number of rotatable bonds is 14. The molecule has 0 saturated carbocycles. The number of aliphatic hydroxyl groups is 2. The summed E-state index contributed by atoms with van der Waals surface area (Å²) >= 11 is 0. The second-order valence-corrected chi connectivity index (χ2v) is 8.29. The molecule has 0 aliphatic heterocycles. The Labute approximate surface area is 196 Å². The fraction of sp³-hybridized carbons (Fsp3) is 0.462. The topological polar surface area (TPSA) is 108 Å². The standard InChI is InChI=1S/C26H36N2O5/c1-3-5-11-24(31)27-23(25(32)28-26(4-2,18-29)19-30)16-20-12-14-22(15-13-20)33-17-21-9-7-6-8-10-21/h6-10,12-15,23,29-30H,3-5,11,16-19H2,1-2H3,(H,27,31)(H,28,32). The van der Waals surface area contributed by atoms with Gasteiger partial charge in [0, 0.05) is 12.8 Å². The van der Waals surface area contributed by atoms with Crippen LogP contribution in [0.25, 0.3) is 0 Å². The van der Waals surface area contributed by atoms with Crippen LogP contribution in [0.1, 0.15) is 50.7 Å². The van der Waals surface area contributed by atoms with Gasteiger partial charge in [-0.25, -0.2) is 0 Å². The molecule has 2 aromatic carbocycles. The average Bonchev–Trinajstić information content (AvgIpc) is 2.85. The number of hydrogen-bond donors (Lipinski definition) is 4. The zero-order valence-electron chi connectivity index (χ0n) is 19.5. The van der Waals surface area contributed by atoms with Gasteiger partial charge in [-0.1, -0.05) is 62.7 Å². The first-order chi connectivity index (χ1) is 15.9. The van der Waals surface area contributed by atoms with Crippen LogP contribution in [0.3, 0.4) is 0 Å². The summed E-state index contributed by atoms with van der Waals surface area (Å²) < 4.78 is 5.81. The Balaban J connectivity index is 2.07. The number of amides is 2. The highest BCUT2D eigenvalue weighted by atomic mass is 16.5. The van der Waals surface area contributed by atoms with Crippen LogP contribution in [0.4, 0.5) is 0 Å². The van der Waals surface area contributed by atoms with Gasteiger partial charge in [0.05, 0.1) is 18.8 Å². The average molecular weight is 457 g/mol. The maximum Gasteiger partial charge on any atom is 0.243 e. The quantitative estimate of drug-likeness (QED) is 0.350. The van der Waals surface area contributed by atoms with Gasteiger partial charge in [0.25, 0.3) is 0 Å². The van der Waals surface area contributed by atoms with E-state index >= 15 is 0 Å². The van der Waals surface area contributed by atoms with Crippen molar-refractivity contribution in [2.45, 2.75) is 64.1 Å². The van der Waals surface area contributed by atoms with Crippen LogP contribution < -0.4 is 15.4 Å². The molecule has 33 heavy (non-hydrogen) atoms. The summed E-state index contributed by atoms with van der Waals surface area (Å²) in [5, 5.41) is 24.9. The second kappa shape index (κ2) is 13.6. The summed E-state index contributed by atoms with van der Waals surface area (Å²) in [7, 11) is 0. The largest absolute Gasteiger partial charge is 0.489 e. The number of hydrogen-bond acceptors (Lipinski definition) is 5. The van der Waals surface area contributed by atoms with Crippen LogP contribution in [-0.4, -0.2) is 46.8 Å². The van der Waals surface area contributed by atoms with Gasteiger partial charge in [-0.15, -0.1) is 0 Å². The van der Waals surface area contributed by atoms with E-state index in [-0.39, 0.29) is 12.3 Å². The molecule has 7 nitrogen and oxygen atoms in total. The van der Waals surface area contributed by atoms with Gasteiger partial charge >= 0.3 is 0 Å². The molecule has 1 atom stereocenters. The number of carbonyl (C=O) groups is 2. The molecular weight excluding hydrogens is 420 g/mol. The lowest BCUT2D eigenvalue weighted by molar-refractivity contribution is -0.131. The zero-order valence-corrected chi connectivity index (χ0v) is 19.5. The summed E-state index contributed by atoms with van der Waals surface area (Å²) in [6, 6.07) is 16.4. The lowest BCUT2D eigenvalue weighted by atomic mass is 9.96. The molecule has 0 heterocycles. The van der Waals surface area contributed by atoms with Gasteiger partial charge in [-0.05, 0) is 36.1 Å². The van der Waals surface area contributed by atoms with Crippen LogP contribution in [0.5, 0.6) is 5.75 Å². The Morgan fingerprint density at radius 2 is 1.64 bits per heavy atom. The highest BCUT2D eigenvalue weighted by Crippen LogP contribution is 2.16. The van der Waals surface area contributed by atoms with E-state index in [1.807, 2.05) is 61.5 Å². The summed E-state index contributed by atoms with van der Waals surface area (Å²) in [4.78, 5) is 25.3. The van der Waals surface area contributed by atoms with Crippen molar-refractivity contribution in [3.8, 4) is 5.75 Å². The smallest absolute Gasteiger partial charge is 0.243 e. The van der Waals surface area contributed by atoms with E-state index in [2.05, 4.69) is 10.6 Å². The number of benzene rings is 2. The fourth-order valence-corrected chi connectivity index (χ4v) is 3.30. The fourth-order valence-electron chi connectivity index (χ4n) is 3.30. The summed E-state index contributed by atoms with van der Waals surface area (Å²) in [5.41, 5.74) is 0.798. The predicted octanol–water partition coefficient (Wildman–Crippen LogP) is 2.73. The third-order valence-corrected chi connectivity index (χ3v) is 5.69. The van der Waals surface area contributed by atoms with Gasteiger partial charge in [0.15, 0.2) is 0 Å². The van der Waals surface area contributed by atoms with Gasteiger partial charge < -0.3 is 25.6 Å². The zero-order chi connectivity index (χ0) is 24.1. The molecule has 2 rings (SSSR count). The highest BCUT2D eigenvalue weighted by molar-refractivity contribution is 5.88. The number of ether oxygens (including phenoxy) is 1. The molecular formula is C26H36N2O5. The van der Waals surface area contributed by atoms with Crippen molar-refractivity contribution < 1.29 is 24.5 Å². The molecule has 0 aromatic heterocycles. The molecule has 0 spiro atoms. The third kappa shape index (κ3) is 8.51. The van der Waals surface area contributed by atoms with Crippen molar-refractivity contribution in [2.75, 3.05) is 13.2 Å². The Hall–Kier alpha value is -2.90. The van der Waals surface area contributed by atoms with E-state index in [1.54, 1.807) is 6.92 Å². The Morgan fingerprint density at radius 1 is 0.970 bits per heavy atom. The maximum atomic E-state index is 13.0. The lowest BCUT2D eigenvalue weighted by Crippen LogP contribution is -2.59. The Morgan fingerprint density at radius 3 is 2.21 bits per heavy atom. The molecule has 0 aliphatic carbocycles. The van der Waals surface area contributed by atoms with Crippen LogP contribution >= 0.6 is 0 Å². The molecule has 180 valence electrons. The van der Waals surface area contributed by atoms with E-state index in [9.17, 15) is 19.8 Å². The monoisotopic (exact) mass is 456 g/mol. The summed E-state index contributed by atoms with van der Waals surface area (Å²) in [5.74, 6) is 0.0743. The minimum Gasteiger partial charge on any atom is -0.489 e. The highest BCUT2D eigenvalue weighted by Gasteiger charge is 2.32. The first-order valence-corrected chi connectivity index (χ1v) is 11.5. The van der Waals surface area contributed by atoms with Crippen molar-refractivity contribution in [1.82, 2.24) is 10.6 Å². The number of carbonyl (C=O) groups excluding carboxylic acids is 2. The van der Waals surface area contributed by atoms with E-state index in [4.69, 9.17) is 4.74 Å². The van der Waals surface area contributed by atoms with Crippen LogP contribution in [0, 0.1) is 0 Å². The molecule has 0 bridgehead atoms. The van der Waals surface area contributed by atoms with Crippen molar-refractivity contribution in [2.24, 2.45) is 0 Å². The minimum atomic E-state index is -1.13. The van der Waals surface area contributed by atoms with Crippen molar-refractivity contribution in [3.05, 3.63) is 65.7 Å². The Kier molecular flexibility index (Phi) is 10.9. The number of nitrogens with one attached hydrogen (secondary N) is 2. The number of unbranched alkanes of at least 4 members (excludes halogenated alkanes) is 1. The summed E-state index contributed by atoms with van der Waals surface area (Å²) in [6.45, 7) is 3.44. The van der Waals surface area contributed by atoms with Crippen molar-refractivity contribution in [1.29, 1.82) is 0 Å². The first kappa shape index (κ1) is 26.4. The minimum absolute atomic E-state index is 0.199. The number of aliphatic hydroxyl groups excluding tert-OH is 2. The van der Waals surface area contributed by atoms with E-state index in [1.165, 1.54) is 0 Å². The van der Waals surface area contributed by atoms with Gasteiger partial charge in [0.1, 0.15) is 18.4 Å².